The van der Waals surface area contributed by atoms with E-state index in [2.05, 4.69) is 0 Å². The first-order valence-corrected chi connectivity index (χ1v) is 7.82. The zero-order chi connectivity index (χ0) is 15.6. The van der Waals surface area contributed by atoms with E-state index in [0.717, 1.165) is 25.9 Å². The molecule has 3 rings (SSSR count). The molecule has 2 fully saturated rings. The predicted octanol–water partition coefficient (Wildman–Crippen LogP) is 2.16. The maximum absolute atomic E-state index is 13.7. The maximum Gasteiger partial charge on any atom is 0.227 e. The highest BCUT2D eigenvalue weighted by molar-refractivity contribution is 5.79. The number of methoxy groups -OCH3 is 1. The van der Waals surface area contributed by atoms with Crippen molar-refractivity contribution in [2.24, 2.45) is 0 Å². The van der Waals surface area contributed by atoms with E-state index < -0.39 is 0 Å². The first-order chi connectivity index (χ1) is 10.6. The number of carbonyl (C=O) groups excluding carboxylic acids is 1. The Kier molecular flexibility index (Phi) is 4.45. The van der Waals surface area contributed by atoms with Gasteiger partial charge in [0.1, 0.15) is 11.9 Å². The summed E-state index contributed by atoms with van der Waals surface area (Å²) in [5.41, 5.74) is 0.211. The number of carbonyl (C=O) groups is 1. The lowest BCUT2D eigenvalue weighted by Crippen LogP contribution is -2.57. The quantitative estimate of drug-likeness (QED) is 0.859. The third-order valence-corrected chi connectivity index (χ3v) is 4.85. The van der Waals surface area contributed by atoms with Gasteiger partial charge in [0.05, 0.1) is 12.0 Å². The van der Waals surface area contributed by atoms with Crippen molar-refractivity contribution in [1.29, 1.82) is 0 Å². The average molecular weight is 307 g/mol. The fourth-order valence-corrected chi connectivity index (χ4v) is 3.55. The minimum absolute atomic E-state index is 0.0556. The number of benzene rings is 1. The number of hydrogen-bond acceptors (Lipinski definition) is 3. The normalized spacial score (nSPS) is 28.3. The highest BCUT2D eigenvalue weighted by Crippen LogP contribution is 2.37. The Bertz CT molecular complexity index is 542. The van der Waals surface area contributed by atoms with Crippen LogP contribution in [0, 0.1) is 5.82 Å². The lowest BCUT2D eigenvalue weighted by Gasteiger charge is -2.44. The van der Waals surface area contributed by atoms with Crippen molar-refractivity contribution in [2.75, 3.05) is 26.8 Å². The van der Waals surface area contributed by atoms with Gasteiger partial charge >= 0.3 is 0 Å². The van der Waals surface area contributed by atoms with Crippen LogP contribution < -0.4 is 0 Å². The van der Waals surface area contributed by atoms with Crippen molar-refractivity contribution < 1.29 is 18.7 Å². The molecule has 0 aromatic heterocycles. The SMILES string of the molecule is CO[C@H]1CN(C(=O)Cc2ccccc2F)CC[C@@]12CCCO2. The van der Waals surface area contributed by atoms with Crippen LogP contribution >= 0.6 is 0 Å². The van der Waals surface area contributed by atoms with Crippen molar-refractivity contribution in [3.63, 3.8) is 0 Å². The number of halogens is 1. The lowest BCUT2D eigenvalue weighted by molar-refractivity contribution is -0.158. The van der Waals surface area contributed by atoms with Crippen molar-refractivity contribution in [1.82, 2.24) is 4.90 Å². The number of likely N-dealkylation sites (tertiary alicyclic amines) is 1. The molecule has 0 saturated carbocycles. The summed E-state index contributed by atoms with van der Waals surface area (Å²) in [5, 5.41) is 0. The molecule has 0 N–H and O–H groups in total. The van der Waals surface area contributed by atoms with Crippen LogP contribution in [-0.2, 0) is 20.7 Å². The number of nitrogens with zero attached hydrogens (tertiary/aromatic N) is 1. The van der Waals surface area contributed by atoms with Gasteiger partial charge in [-0.05, 0) is 30.9 Å². The van der Waals surface area contributed by atoms with Crippen molar-refractivity contribution in [3.8, 4) is 0 Å². The van der Waals surface area contributed by atoms with E-state index in [1.54, 1.807) is 30.2 Å². The van der Waals surface area contributed by atoms with Crippen LogP contribution in [0.3, 0.4) is 0 Å². The zero-order valence-electron chi connectivity index (χ0n) is 12.9. The van der Waals surface area contributed by atoms with E-state index in [1.165, 1.54) is 6.07 Å². The van der Waals surface area contributed by atoms with Crippen LogP contribution in [0.4, 0.5) is 4.39 Å². The van der Waals surface area contributed by atoms with Gasteiger partial charge < -0.3 is 14.4 Å². The Morgan fingerprint density at radius 2 is 2.27 bits per heavy atom. The van der Waals surface area contributed by atoms with Crippen LogP contribution in [0.2, 0.25) is 0 Å². The molecule has 22 heavy (non-hydrogen) atoms. The fraction of sp³-hybridized carbons (Fsp3) is 0.588. The first kappa shape index (κ1) is 15.4. The minimum atomic E-state index is -0.327. The molecule has 2 aliphatic heterocycles. The van der Waals surface area contributed by atoms with Gasteiger partial charge in [0.2, 0.25) is 5.91 Å². The monoisotopic (exact) mass is 307 g/mol. The van der Waals surface area contributed by atoms with Gasteiger partial charge in [-0.2, -0.15) is 0 Å². The van der Waals surface area contributed by atoms with Gasteiger partial charge in [-0.15, -0.1) is 0 Å². The Hall–Kier alpha value is -1.46. The number of rotatable bonds is 3. The summed E-state index contributed by atoms with van der Waals surface area (Å²) in [6, 6.07) is 6.43. The molecule has 2 heterocycles. The van der Waals surface area contributed by atoms with E-state index >= 15 is 0 Å². The van der Waals surface area contributed by atoms with Crippen LogP contribution in [0.15, 0.2) is 24.3 Å². The van der Waals surface area contributed by atoms with Gasteiger partial charge in [-0.3, -0.25) is 4.79 Å². The van der Waals surface area contributed by atoms with Gasteiger partial charge in [0, 0.05) is 26.8 Å². The third kappa shape index (κ3) is 2.88. The Morgan fingerprint density at radius 3 is 2.95 bits per heavy atom. The second kappa shape index (κ2) is 6.34. The molecular formula is C17H22FNO3. The van der Waals surface area contributed by atoms with Crippen molar-refractivity contribution in [2.45, 2.75) is 37.4 Å². The second-order valence-corrected chi connectivity index (χ2v) is 6.10. The molecule has 0 bridgehead atoms. The van der Waals surface area contributed by atoms with E-state index in [1.807, 2.05) is 0 Å². The standard InChI is InChI=1S/C17H22FNO3/c1-21-15-12-19(9-8-17(15)7-4-10-22-17)16(20)11-13-5-2-3-6-14(13)18/h2-3,5-6,15H,4,7-12H2,1H3/t15-,17-/m0/s1. The molecule has 0 aliphatic carbocycles. The Labute approximate surface area is 130 Å². The molecule has 2 saturated heterocycles. The summed E-state index contributed by atoms with van der Waals surface area (Å²) < 4.78 is 25.2. The maximum atomic E-state index is 13.7. The van der Waals surface area contributed by atoms with Crippen molar-refractivity contribution >= 4 is 5.91 Å². The summed E-state index contributed by atoms with van der Waals surface area (Å²) in [6.07, 6.45) is 2.81. The van der Waals surface area contributed by atoms with E-state index in [9.17, 15) is 9.18 Å². The second-order valence-electron chi connectivity index (χ2n) is 6.10. The molecule has 2 aliphatic rings. The fourth-order valence-electron chi connectivity index (χ4n) is 3.55. The molecule has 1 amide bonds. The molecule has 4 nitrogen and oxygen atoms in total. The lowest BCUT2D eigenvalue weighted by atomic mass is 9.85. The molecule has 5 heteroatoms. The molecule has 1 spiro atoms. The third-order valence-electron chi connectivity index (χ3n) is 4.85. The smallest absolute Gasteiger partial charge is 0.227 e. The predicted molar refractivity (Wildman–Crippen MR) is 80.0 cm³/mol. The highest BCUT2D eigenvalue weighted by Gasteiger charge is 2.47. The minimum Gasteiger partial charge on any atom is -0.377 e. The summed E-state index contributed by atoms with van der Waals surface area (Å²) in [7, 11) is 1.67. The van der Waals surface area contributed by atoms with E-state index in [4.69, 9.17) is 9.47 Å². The van der Waals surface area contributed by atoms with Gasteiger partial charge in [-0.25, -0.2) is 4.39 Å². The number of piperidine rings is 1. The average Bonchev–Trinajstić information content (AvgIpc) is 2.99. The van der Waals surface area contributed by atoms with Crippen LogP contribution in [0.1, 0.15) is 24.8 Å². The van der Waals surface area contributed by atoms with E-state index in [0.29, 0.717) is 18.7 Å². The summed E-state index contributed by atoms with van der Waals surface area (Å²) in [6.45, 7) is 1.93. The molecule has 120 valence electrons. The molecule has 0 unspecified atom stereocenters. The molecule has 1 aromatic rings. The largest absolute Gasteiger partial charge is 0.377 e. The van der Waals surface area contributed by atoms with Gasteiger partial charge in [0.15, 0.2) is 0 Å². The van der Waals surface area contributed by atoms with Crippen LogP contribution in [0.5, 0.6) is 0 Å². The van der Waals surface area contributed by atoms with Crippen LogP contribution in [-0.4, -0.2) is 49.3 Å². The van der Waals surface area contributed by atoms with Gasteiger partial charge in [0.25, 0.3) is 0 Å². The molecule has 0 radical (unpaired) electrons. The summed E-state index contributed by atoms with van der Waals surface area (Å²) in [5.74, 6) is -0.383. The van der Waals surface area contributed by atoms with Crippen LogP contribution in [0.25, 0.3) is 0 Å². The summed E-state index contributed by atoms with van der Waals surface area (Å²) in [4.78, 5) is 14.2. The van der Waals surface area contributed by atoms with Crippen molar-refractivity contribution in [3.05, 3.63) is 35.6 Å². The molecule has 1 aromatic carbocycles. The zero-order valence-corrected chi connectivity index (χ0v) is 12.9. The summed E-state index contributed by atoms with van der Waals surface area (Å²) >= 11 is 0. The number of ether oxygens (including phenoxy) is 2. The molecule has 2 atom stereocenters. The first-order valence-electron chi connectivity index (χ1n) is 7.82. The Balaban J connectivity index is 1.66. The Morgan fingerprint density at radius 1 is 1.45 bits per heavy atom. The van der Waals surface area contributed by atoms with E-state index in [-0.39, 0.29) is 29.9 Å². The highest BCUT2D eigenvalue weighted by atomic mass is 19.1. The molecular weight excluding hydrogens is 285 g/mol. The number of amides is 1. The van der Waals surface area contributed by atoms with Gasteiger partial charge in [-0.1, -0.05) is 18.2 Å². The topological polar surface area (TPSA) is 38.8 Å². The number of hydrogen-bond donors (Lipinski definition) is 0.